The van der Waals surface area contributed by atoms with E-state index in [1.54, 1.807) is 12.1 Å². The van der Waals surface area contributed by atoms with Crippen LogP contribution in [0, 0.1) is 11.3 Å². The summed E-state index contributed by atoms with van der Waals surface area (Å²) in [6, 6.07) is 8.47. The molecule has 16 heavy (non-hydrogen) atoms. The van der Waals surface area contributed by atoms with E-state index in [0.717, 1.165) is 5.56 Å². The quantitative estimate of drug-likeness (QED) is 0.802. The van der Waals surface area contributed by atoms with E-state index in [-0.39, 0.29) is 0 Å². The molecule has 1 rings (SSSR count). The summed E-state index contributed by atoms with van der Waals surface area (Å²) < 4.78 is 0. The fourth-order valence-electron chi connectivity index (χ4n) is 1.11. The minimum Gasteiger partial charge on any atom is -0.480 e. The summed E-state index contributed by atoms with van der Waals surface area (Å²) in [7, 11) is 0. The van der Waals surface area contributed by atoms with Gasteiger partial charge in [-0.15, -0.1) is 0 Å². The zero-order valence-corrected chi connectivity index (χ0v) is 9.41. The average Bonchev–Trinajstić information content (AvgIpc) is 2.29. The minimum absolute atomic E-state index is 0.367. The zero-order valence-electron chi connectivity index (χ0n) is 8.59. The van der Waals surface area contributed by atoms with Crippen molar-refractivity contribution in [2.75, 3.05) is 5.75 Å². The number of carbonyl (C=O) groups is 1. The number of rotatable bonds is 5. The standard InChI is InChI=1S/C11H12N2O2S/c12-5-8-2-1-3-9(4-8)6-16-7-10(13)11(14)15/h1-4,10H,6-7,13H2,(H,14,15). The molecule has 1 aromatic rings. The van der Waals surface area contributed by atoms with E-state index in [4.69, 9.17) is 16.1 Å². The Bertz CT molecular complexity index is 415. The highest BCUT2D eigenvalue weighted by molar-refractivity contribution is 7.98. The topological polar surface area (TPSA) is 87.1 Å². The maximum absolute atomic E-state index is 10.5. The molecule has 84 valence electrons. The highest BCUT2D eigenvalue weighted by Crippen LogP contribution is 2.14. The van der Waals surface area contributed by atoms with Gasteiger partial charge >= 0.3 is 5.97 Å². The summed E-state index contributed by atoms with van der Waals surface area (Å²) in [5, 5.41) is 17.3. The number of hydrogen-bond acceptors (Lipinski definition) is 4. The van der Waals surface area contributed by atoms with Crippen molar-refractivity contribution >= 4 is 17.7 Å². The summed E-state index contributed by atoms with van der Waals surface area (Å²) in [6.45, 7) is 0. The van der Waals surface area contributed by atoms with Gasteiger partial charge in [-0.05, 0) is 17.7 Å². The van der Waals surface area contributed by atoms with E-state index in [0.29, 0.717) is 17.1 Å². The van der Waals surface area contributed by atoms with Gasteiger partial charge in [-0.1, -0.05) is 12.1 Å². The number of carboxylic acid groups (broad SMARTS) is 1. The molecule has 0 amide bonds. The van der Waals surface area contributed by atoms with E-state index < -0.39 is 12.0 Å². The van der Waals surface area contributed by atoms with Crippen molar-refractivity contribution in [2.24, 2.45) is 5.73 Å². The predicted octanol–water partition coefficient (Wildman–Crippen LogP) is 1.20. The summed E-state index contributed by atoms with van der Waals surface area (Å²) >= 11 is 1.45. The molecule has 0 saturated heterocycles. The highest BCUT2D eigenvalue weighted by atomic mass is 32.2. The molecule has 3 N–H and O–H groups in total. The van der Waals surface area contributed by atoms with Gasteiger partial charge in [0.15, 0.2) is 0 Å². The van der Waals surface area contributed by atoms with Gasteiger partial charge in [0.1, 0.15) is 6.04 Å². The Kier molecular flexibility index (Phi) is 4.83. The van der Waals surface area contributed by atoms with Gasteiger partial charge in [0.25, 0.3) is 0 Å². The van der Waals surface area contributed by atoms with Crippen LogP contribution in [0.25, 0.3) is 0 Å². The highest BCUT2D eigenvalue weighted by Gasteiger charge is 2.10. The molecule has 0 bridgehead atoms. The third kappa shape index (κ3) is 3.93. The largest absolute Gasteiger partial charge is 0.480 e. The summed E-state index contributed by atoms with van der Waals surface area (Å²) in [6.07, 6.45) is 0. The van der Waals surface area contributed by atoms with Crippen LogP contribution in [-0.4, -0.2) is 22.9 Å². The third-order valence-corrected chi connectivity index (χ3v) is 3.07. The second-order valence-electron chi connectivity index (χ2n) is 3.27. The van der Waals surface area contributed by atoms with E-state index in [1.807, 2.05) is 12.1 Å². The van der Waals surface area contributed by atoms with Crippen LogP contribution in [0.3, 0.4) is 0 Å². The molecule has 0 spiro atoms. The number of nitriles is 1. The number of nitrogens with zero attached hydrogens (tertiary/aromatic N) is 1. The average molecular weight is 236 g/mol. The number of carboxylic acids is 1. The first-order valence-corrected chi connectivity index (χ1v) is 5.84. The Balaban J connectivity index is 2.43. The SMILES string of the molecule is N#Cc1cccc(CSCC(N)C(=O)O)c1. The van der Waals surface area contributed by atoms with Crippen LogP contribution >= 0.6 is 11.8 Å². The van der Waals surface area contributed by atoms with E-state index in [9.17, 15) is 4.79 Å². The fraction of sp³-hybridized carbons (Fsp3) is 0.273. The first kappa shape index (κ1) is 12.6. The molecule has 0 aliphatic carbocycles. The van der Waals surface area contributed by atoms with Crippen molar-refractivity contribution < 1.29 is 9.90 Å². The number of thioether (sulfide) groups is 1. The molecule has 0 aliphatic rings. The van der Waals surface area contributed by atoms with Crippen molar-refractivity contribution in [2.45, 2.75) is 11.8 Å². The Labute approximate surface area is 98.1 Å². The Morgan fingerprint density at radius 3 is 3.00 bits per heavy atom. The van der Waals surface area contributed by atoms with E-state index in [2.05, 4.69) is 6.07 Å². The lowest BCUT2D eigenvalue weighted by molar-refractivity contribution is -0.137. The molecule has 0 aromatic heterocycles. The minimum atomic E-state index is -0.988. The number of nitrogens with two attached hydrogens (primary N) is 1. The zero-order chi connectivity index (χ0) is 12.0. The monoisotopic (exact) mass is 236 g/mol. The molecule has 4 nitrogen and oxygen atoms in total. The maximum Gasteiger partial charge on any atom is 0.321 e. The predicted molar refractivity (Wildman–Crippen MR) is 62.9 cm³/mol. The lowest BCUT2D eigenvalue weighted by Crippen LogP contribution is -2.32. The molecule has 1 aromatic carbocycles. The molecule has 5 heteroatoms. The van der Waals surface area contributed by atoms with Crippen LogP contribution in [-0.2, 0) is 10.5 Å². The fourth-order valence-corrected chi connectivity index (χ4v) is 2.04. The number of aliphatic carboxylic acids is 1. The van der Waals surface area contributed by atoms with Crippen molar-refractivity contribution in [1.82, 2.24) is 0 Å². The molecule has 1 atom stereocenters. The summed E-state index contributed by atoms with van der Waals surface area (Å²) in [5.74, 6) is 0.0427. The van der Waals surface area contributed by atoms with Crippen LogP contribution in [0.2, 0.25) is 0 Å². The van der Waals surface area contributed by atoms with Crippen LogP contribution in [0.4, 0.5) is 0 Å². The van der Waals surface area contributed by atoms with Gasteiger partial charge in [0, 0.05) is 11.5 Å². The van der Waals surface area contributed by atoms with E-state index in [1.165, 1.54) is 11.8 Å². The molecule has 0 heterocycles. The van der Waals surface area contributed by atoms with Crippen molar-refractivity contribution in [1.29, 1.82) is 5.26 Å². The molecule has 0 aliphatic heterocycles. The first-order valence-electron chi connectivity index (χ1n) is 4.68. The second-order valence-corrected chi connectivity index (χ2v) is 4.30. The van der Waals surface area contributed by atoms with Crippen molar-refractivity contribution in [3.05, 3.63) is 35.4 Å². The summed E-state index contributed by atoms with van der Waals surface area (Å²) in [4.78, 5) is 10.5. The van der Waals surface area contributed by atoms with Crippen LogP contribution in [0.5, 0.6) is 0 Å². The van der Waals surface area contributed by atoms with Crippen molar-refractivity contribution in [3.8, 4) is 6.07 Å². The van der Waals surface area contributed by atoms with Crippen LogP contribution < -0.4 is 5.73 Å². The smallest absolute Gasteiger partial charge is 0.321 e. The van der Waals surface area contributed by atoms with Gasteiger partial charge in [-0.25, -0.2) is 0 Å². The van der Waals surface area contributed by atoms with Crippen LogP contribution in [0.1, 0.15) is 11.1 Å². The number of hydrogen-bond donors (Lipinski definition) is 2. The van der Waals surface area contributed by atoms with Crippen molar-refractivity contribution in [3.63, 3.8) is 0 Å². The maximum atomic E-state index is 10.5. The number of benzene rings is 1. The molecular formula is C11H12N2O2S. The van der Waals surface area contributed by atoms with Gasteiger partial charge in [-0.3, -0.25) is 4.79 Å². The summed E-state index contributed by atoms with van der Waals surface area (Å²) in [5.41, 5.74) is 6.98. The lowest BCUT2D eigenvalue weighted by Gasteiger charge is -2.05. The first-order chi connectivity index (χ1) is 7.63. The van der Waals surface area contributed by atoms with Gasteiger partial charge in [0.2, 0.25) is 0 Å². The third-order valence-electron chi connectivity index (χ3n) is 1.94. The molecule has 1 unspecified atom stereocenters. The van der Waals surface area contributed by atoms with E-state index >= 15 is 0 Å². The Morgan fingerprint density at radius 2 is 2.38 bits per heavy atom. The normalized spacial score (nSPS) is 11.8. The van der Waals surface area contributed by atoms with Crippen LogP contribution in [0.15, 0.2) is 24.3 Å². The van der Waals surface area contributed by atoms with Gasteiger partial charge < -0.3 is 10.8 Å². The lowest BCUT2D eigenvalue weighted by atomic mass is 10.2. The Morgan fingerprint density at radius 1 is 1.62 bits per heavy atom. The second kappa shape index (κ2) is 6.16. The molecule has 0 fully saturated rings. The Hall–Kier alpha value is -1.51. The molecule has 0 radical (unpaired) electrons. The van der Waals surface area contributed by atoms with Gasteiger partial charge in [0.05, 0.1) is 11.6 Å². The molecular weight excluding hydrogens is 224 g/mol. The molecule has 0 saturated carbocycles. The van der Waals surface area contributed by atoms with Gasteiger partial charge in [-0.2, -0.15) is 17.0 Å².